The van der Waals surface area contributed by atoms with E-state index in [-0.39, 0.29) is 0 Å². The average molecular weight is 410 g/mol. The maximum atomic E-state index is 6.00. The minimum atomic E-state index is 0.552. The first kappa shape index (κ1) is 21.2. The van der Waals surface area contributed by atoms with E-state index in [2.05, 4.69) is 46.0 Å². The van der Waals surface area contributed by atoms with Gasteiger partial charge in [0.1, 0.15) is 6.61 Å². The fourth-order valence-electron chi connectivity index (χ4n) is 4.55. The number of methoxy groups -OCH3 is 1. The molecular weight excluding hydrogens is 374 g/mol. The van der Waals surface area contributed by atoms with Crippen LogP contribution in [0, 0.1) is 0 Å². The van der Waals surface area contributed by atoms with Gasteiger partial charge in [0.25, 0.3) is 0 Å². The second-order valence-corrected chi connectivity index (χ2v) is 8.61. The molecule has 5 nitrogen and oxygen atoms in total. The maximum absolute atomic E-state index is 6.00. The average Bonchev–Trinajstić information content (AvgIpc) is 2.80. The summed E-state index contributed by atoms with van der Waals surface area (Å²) in [5.41, 5.74) is 2.45. The number of piperidine rings is 1. The molecule has 0 bridgehead atoms. The molecule has 0 radical (unpaired) electrons. The van der Waals surface area contributed by atoms with E-state index < -0.39 is 0 Å². The van der Waals surface area contributed by atoms with Crippen LogP contribution in [0.5, 0.6) is 11.5 Å². The van der Waals surface area contributed by atoms with Crippen molar-refractivity contribution in [3.63, 3.8) is 0 Å². The molecule has 0 unspecified atom stereocenters. The smallest absolute Gasteiger partial charge is 0.161 e. The largest absolute Gasteiger partial charge is 0.493 e. The van der Waals surface area contributed by atoms with Crippen molar-refractivity contribution >= 4 is 0 Å². The van der Waals surface area contributed by atoms with Crippen LogP contribution < -0.4 is 9.47 Å². The zero-order chi connectivity index (χ0) is 20.8. The molecule has 2 fully saturated rings. The molecule has 0 amide bonds. The Kier molecular flexibility index (Phi) is 7.26. The lowest BCUT2D eigenvalue weighted by atomic mass is 10.0. The molecule has 2 heterocycles. The highest BCUT2D eigenvalue weighted by Gasteiger charge is 2.26. The van der Waals surface area contributed by atoms with Crippen molar-refractivity contribution in [2.75, 3.05) is 53.4 Å². The number of nitrogens with zero attached hydrogens (tertiary/aromatic N) is 3. The number of hydrogen-bond acceptors (Lipinski definition) is 5. The molecule has 4 rings (SSSR count). The Balaban J connectivity index is 1.28. The molecule has 2 aliphatic rings. The van der Waals surface area contributed by atoms with Crippen LogP contribution in [0.3, 0.4) is 0 Å². The molecule has 0 aromatic heterocycles. The zero-order valence-electron chi connectivity index (χ0n) is 18.4. The SMILES string of the molecule is COc1cc(CN2CCC(N3CCN(C)CC3)CC2)ccc1OCc1ccccc1. The van der Waals surface area contributed by atoms with Gasteiger partial charge in [0.2, 0.25) is 0 Å². The second kappa shape index (κ2) is 10.3. The summed E-state index contributed by atoms with van der Waals surface area (Å²) in [7, 11) is 3.95. The molecule has 30 heavy (non-hydrogen) atoms. The summed E-state index contributed by atoms with van der Waals surface area (Å²) < 4.78 is 11.6. The first-order valence-corrected chi connectivity index (χ1v) is 11.2. The van der Waals surface area contributed by atoms with Crippen molar-refractivity contribution in [3.05, 3.63) is 59.7 Å². The number of hydrogen-bond donors (Lipinski definition) is 0. The number of rotatable bonds is 7. The summed E-state index contributed by atoms with van der Waals surface area (Å²) in [4.78, 5) is 7.72. The maximum Gasteiger partial charge on any atom is 0.161 e. The molecule has 0 aliphatic carbocycles. The predicted octanol–water partition coefficient (Wildman–Crippen LogP) is 3.49. The lowest BCUT2D eigenvalue weighted by molar-refractivity contribution is 0.0657. The van der Waals surface area contributed by atoms with Gasteiger partial charge in [0, 0.05) is 38.8 Å². The minimum absolute atomic E-state index is 0.552. The Morgan fingerprint density at radius 1 is 0.833 bits per heavy atom. The van der Waals surface area contributed by atoms with E-state index in [9.17, 15) is 0 Å². The van der Waals surface area contributed by atoms with Crippen LogP contribution in [0.15, 0.2) is 48.5 Å². The lowest BCUT2D eigenvalue weighted by Crippen LogP contribution is -2.52. The Labute approximate surface area is 181 Å². The minimum Gasteiger partial charge on any atom is -0.493 e. The van der Waals surface area contributed by atoms with Gasteiger partial charge in [-0.3, -0.25) is 9.80 Å². The number of piperazine rings is 1. The summed E-state index contributed by atoms with van der Waals surface area (Å²) in [6, 6.07) is 17.4. The van der Waals surface area contributed by atoms with Crippen molar-refractivity contribution in [1.82, 2.24) is 14.7 Å². The van der Waals surface area contributed by atoms with Crippen molar-refractivity contribution in [2.24, 2.45) is 0 Å². The molecule has 5 heteroatoms. The number of benzene rings is 2. The summed E-state index contributed by atoms with van der Waals surface area (Å²) in [6.45, 7) is 8.74. The van der Waals surface area contributed by atoms with Crippen LogP contribution in [0.4, 0.5) is 0 Å². The molecule has 162 valence electrons. The second-order valence-electron chi connectivity index (χ2n) is 8.61. The van der Waals surface area contributed by atoms with Crippen molar-refractivity contribution in [2.45, 2.75) is 32.0 Å². The van der Waals surface area contributed by atoms with Crippen LogP contribution in [-0.4, -0.2) is 74.2 Å². The Hall–Kier alpha value is -2.08. The third kappa shape index (κ3) is 5.54. The summed E-state index contributed by atoms with van der Waals surface area (Å²) in [6.07, 6.45) is 2.55. The monoisotopic (exact) mass is 409 g/mol. The normalized spacial score (nSPS) is 19.7. The highest BCUT2D eigenvalue weighted by atomic mass is 16.5. The van der Waals surface area contributed by atoms with E-state index in [0.29, 0.717) is 6.61 Å². The predicted molar refractivity (Wildman–Crippen MR) is 121 cm³/mol. The van der Waals surface area contributed by atoms with Crippen LogP contribution in [-0.2, 0) is 13.2 Å². The van der Waals surface area contributed by atoms with E-state index in [1.54, 1.807) is 7.11 Å². The van der Waals surface area contributed by atoms with Crippen molar-refractivity contribution < 1.29 is 9.47 Å². The summed E-state index contributed by atoms with van der Waals surface area (Å²) >= 11 is 0. The van der Waals surface area contributed by atoms with Gasteiger partial charge < -0.3 is 14.4 Å². The quantitative estimate of drug-likeness (QED) is 0.698. The van der Waals surface area contributed by atoms with Gasteiger partial charge in [-0.15, -0.1) is 0 Å². The number of ether oxygens (including phenoxy) is 2. The van der Waals surface area contributed by atoms with Crippen LogP contribution in [0.25, 0.3) is 0 Å². The van der Waals surface area contributed by atoms with Crippen LogP contribution in [0.2, 0.25) is 0 Å². The van der Waals surface area contributed by atoms with E-state index in [4.69, 9.17) is 9.47 Å². The van der Waals surface area contributed by atoms with Gasteiger partial charge in [-0.05, 0) is 56.2 Å². The van der Waals surface area contributed by atoms with E-state index in [1.165, 1.54) is 57.7 Å². The number of likely N-dealkylation sites (N-methyl/N-ethyl adjacent to an activating group) is 1. The van der Waals surface area contributed by atoms with E-state index in [1.807, 2.05) is 24.3 Å². The van der Waals surface area contributed by atoms with E-state index >= 15 is 0 Å². The molecule has 0 spiro atoms. The molecule has 2 aliphatic heterocycles. The first-order chi connectivity index (χ1) is 14.7. The Morgan fingerprint density at radius 2 is 1.57 bits per heavy atom. The van der Waals surface area contributed by atoms with Gasteiger partial charge in [-0.25, -0.2) is 0 Å². The summed E-state index contributed by atoms with van der Waals surface area (Å²) in [5, 5.41) is 0. The molecule has 2 aromatic rings. The summed E-state index contributed by atoms with van der Waals surface area (Å²) in [5.74, 6) is 1.62. The lowest BCUT2D eigenvalue weighted by Gasteiger charge is -2.42. The first-order valence-electron chi connectivity index (χ1n) is 11.2. The van der Waals surface area contributed by atoms with Crippen LogP contribution in [0.1, 0.15) is 24.0 Å². The highest BCUT2D eigenvalue weighted by molar-refractivity contribution is 5.43. The fraction of sp³-hybridized carbons (Fsp3) is 0.520. The molecule has 2 aromatic carbocycles. The van der Waals surface area contributed by atoms with Gasteiger partial charge in [-0.2, -0.15) is 0 Å². The van der Waals surface area contributed by atoms with E-state index in [0.717, 1.165) is 29.6 Å². The Bertz CT molecular complexity index is 782. The van der Waals surface area contributed by atoms with Gasteiger partial charge in [0.05, 0.1) is 7.11 Å². The zero-order valence-corrected chi connectivity index (χ0v) is 18.4. The van der Waals surface area contributed by atoms with Gasteiger partial charge in [-0.1, -0.05) is 36.4 Å². The molecule has 0 N–H and O–H groups in total. The third-order valence-electron chi connectivity index (χ3n) is 6.48. The molecular formula is C25H35N3O2. The topological polar surface area (TPSA) is 28.2 Å². The molecule has 2 saturated heterocycles. The van der Waals surface area contributed by atoms with Gasteiger partial charge >= 0.3 is 0 Å². The standard InChI is InChI=1S/C25H35N3O2/c1-26-14-16-28(17-15-26)23-10-12-27(13-11-23)19-22-8-9-24(25(18-22)29-2)30-20-21-6-4-3-5-7-21/h3-9,18,23H,10-17,19-20H2,1-2H3. The highest BCUT2D eigenvalue weighted by Crippen LogP contribution is 2.30. The van der Waals surface area contributed by atoms with Crippen molar-refractivity contribution in [3.8, 4) is 11.5 Å². The van der Waals surface area contributed by atoms with Gasteiger partial charge in [0.15, 0.2) is 11.5 Å². The fourth-order valence-corrected chi connectivity index (χ4v) is 4.55. The molecule has 0 atom stereocenters. The van der Waals surface area contributed by atoms with Crippen molar-refractivity contribution in [1.29, 1.82) is 0 Å². The molecule has 0 saturated carbocycles. The number of likely N-dealkylation sites (tertiary alicyclic amines) is 1. The Morgan fingerprint density at radius 3 is 2.27 bits per heavy atom. The third-order valence-corrected chi connectivity index (χ3v) is 6.48. The van der Waals surface area contributed by atoms with Crippen LogP contribution >= 0.6 is 0 Å².